The Hall–Kier alpha value is -1.00. The van der Waals surface area contributed by atoms with Crippen LogP contribution in [-0.4, -0.2) is 81.7 Å². The van der Waals surface area contributed by atoms with Gasteiger partial charge in [0, 0.05) is 12.3 Å². The number of rotatable bonds is 7. The van der Waals surface area contributed by atoms with Crippen LogP contribution in [0.1, 0.15) is 85.5 Å². The van der Waals surface area contributed by atoms with E-state index in [0.29, 0.717) is 24.4 Å². The van der Waals surface area contributed by atoms with Gasteiger partial charge in [-0.15, -0.1) is 0 Å². The van der Waals surface area contributed by atoms with Gasteiger partial charge < -0.3 is 39.7 Å². The molecule has 8 nitrogen and oxygen atoms in total. The van der Waals surface area contributed by atoms with E-state index < -0.39 is 37.3 Å². The van der Waals surface area contributed by atoms with Gasteiger partial charge in [-0.2, -0.15) is 0 Å². The molecular formula is C33H52O8. The maximum Gasteiger partial charge on any atom is 0.186 e. The summed E-state index contributed by atoms with van der Waals surface area (Å²) in [5, 5.41) is 50.0. The molecule has 0 aromatic carbocycles. The summed E-state index contributed by atoms with van der Waals surface area (Å²) in [4.78, 5) is 0. The zero-order valence-electron chi connectivity index (χ0n) is 25.2. The zero-order valence-corrected chi connectivity index (χ0v) is 25.2. The highest BCUT2D eigenvalue weighted by molar-refractivity contribution is 5.30. The Morgan fingerprint density at radius 1 is 1.05 bits per heavy atom. The van der Waals surface area contributed by atoms with E-state index in [1.54, 1.807) is 0 Å². The molecule has 0 bridgehead atoms. The minimum atomic E-state index is -1.43. The number of hydrogen-bond donors (Lipinski definition) is 5. The van der Waals surface area contributed by atoms with Crippen molar-refractivity contribution in [2.45, 2.75) is 128 Å². The Kier molecular flexibility index (Phi) is 8.19. The van der Waals surface area contributed by atoms with Crippen molar-refractivity contribution < 1.29 is 39.7 Å². The molecule has 232 valence electrons. The normalized spacial score (nSPS) is 49.9. The molecule has 4 aliphatic carbocycles. The zero-order chi connectivity index (χ0) is 29.3. The summed E-state index contributed by atoms with van der Waals surface area (Å²) in [6.07, 6.45) is 5.85. The fraction of sp³-hybridized carbons (Fsp3) is 0.879. The number of allylic oxidation sites excluding steroid dienone is 2. The van der Waals surface area contributed by atoms with E-state index in [0.717, 1.165) is 56.6 Å². The topological polar surface area (TPSA) is 129 Å². The van der Waals surface area contributed by atoms with Crippen molar-refractivity contribution in [1.82, 2.24) is 0 Å². The number of aliphatic hydroxyl groups excluding tert-OH is 5. The largest absolute Gasteiger partial charge is 0.494 e. The van der Waals surface area contributed by atoms with Gasteiger partial charge >= 0.3 is 0 Å². The standard InChI is InChI=1S/C33H52O8/c1-17(16-39-31-30(38)29(37)28(36)26(15-34)41-31)5-8-24-18(2)27-25(40-24)14-23-21-7-6-19-13-20(35)9-11-32(19,3)22(21)10-12-33(23,27)4/h6,17,20-23,25-31,34-38H,5,7-16H2,1-4H3/t17-,20+,21-,22+,23+,25+,26-,27+,28-,29+,30-,31-,32+,33+/m1/s1. The summed E-state index contributed by atoms with van der Waals surface area (Å²) < 4.78 is 18.0. The predicted molar refractivity (Wildman–Crippen MR) is 152 cm³/mol. The molecule has 14 atom stereocenters. The second-order valence-electron chi connectivity index (χ2n) is 14.9. The van der Waals surface area contributed by atoms with Gasteiger partial charge in [0.1, 0.15) is 30.5 Å². The van der Waals surface area contributed by atoms with Crippen LogP contribution in [-0.2, 0) is 14.2 Å². The maximum absolute atomic E-state index is 10.3. The molecule has 2 aliphatic heterocycles. The summed E-state index contributed by atoms with van der Waals surface area (Å²) in [6.45, 7) is 9.27. The van der Waals surface area contributed by atoms with Crippen molar-refractivity contribution in [2.75, 3.05) is 13.2 Å². The molecule has 0 aromatic heterocycles. The fourth-order valence-corrected chi connectivity index (χ4v) is 10.2. The van der Waals surface area contributed by atoms with Crippen LogP contribution in [0.25, 0.3) is 0 Å². The second kappa shape index (κ2) is 11.2. The molecule has 0 unspecified atom stereocenters. The highest BCUT2D eigenvalue weighted by Gasteiger charge is 2.63. The van der Waals surface area contributed by atoms with Gasteiger partial charge in [0.15, 0.2) is 6.29 Å². The minimum absolute atomic E-state index is 0.160. The minimum Gasteiger partial charge on any atom is -0.494 e. The highest BCUT2D eigenvalue weighted by Crippen LogP contribution is 2.68. The molecule has 0 radical (unpaired) electrons. The quantitative estimate of drug-likeness (QED) is 0.292. The van der Waals surface area contributed by atoms with Crippen molar-refractivity contribution in [3.8, 4) is 0 Å². The van der Waals surface area contributed by atoms with Gasteiger partial charge in [0.05, 0.1) is 25.1 Å². The van der Waals surface area contributed by atoms with E-state index in [1.165, 1.54) is 24.0 Å². The molecule has 0 spiro atoms. The fourth-order valence-electron chi connectivity index (χ4n) is 10.2. The van der Waals surface area contributed by atoms with Crippen LogP contribution in [0.4, 0.5) is 0 Å². The third kappa shape index (κ3) is 4.94. The lowest BCUT2D eigenvalue weighted by Crippen LogP contribution is -2.59. The summed E-state index contributed by atoms with van der Waals surface area (Å²) >= 11 is 0. The average Bonchev–Trinajstić information content (AvgIpc) is 3.43. The van der Waals surface area contributed by atoms with E-state index in [1.807, 2.05) is 0 Å². The highest BCUT2D eigenvalue weighted by atomic mass is 16.7. The summed E-state index contributed by atoms with van der Waals surface area (Å²) in [6, 6.07) is 0. The summed E-state index contributed by atoms with van der Waals surface area (Å²) in [5.74, 6) is 3.91. The van der Waals surface area contributed by atoms with Crippen molar-refractivity contribution >= 4 is 0 Å². The molecule has 41 heavy (non-hydrogen) atoms. The van der Waals surface area contributed by atoms with Crippen LogP contribution in [0.2, 0.25) is 0 Å². The molecule has 6 rings (SSSR count). The number of aliphatic hydroxyl groups is 5. The Morgan fingerprint density at radius 2 is 1.83 bits per heavy atom. The van der Waals surface area contributed by atoms with Crippen molar-refractivity contribution in [1.29, 1.82) is 0 Å². The van der Waals surface area contributed by atoms with Gasteiger partial charge in [-0.05, 0) is 98.4 Å². The van der Waals surface area contributed by atoms with Gasteiger partial charge in [0.25, 0.3) is 0 Å². The van der Waals surface area contributed by atoms with Gasteiger partial charge in [-0.25, -0.2) is 0 Å². The maximum atomic E-state index is 10.3. The van der Waals surface area contributed by atoms with Crippen LogP contribution in [0.15, 0.2) is 23.0 Å². The Bertz CT molecular complexity index is 1040. The molecule has 2 heterocycles. The molecule has 0 aromatic rings. The average molecular weight is 577 g/mol. The first-order valence-corrected chi connectivity index (χ1v) is 16.1. The van der Waals surface area contributed by atoms with Crippen LogP contribution in [0, 0.1) is 40.4 Å². The smallest absolute Gasteiger partial charge is 0.186 e. The van der Waals surface area contributed by atoms with Crippen LogP contribution < -0.4 is 0 Å². The van der Waals surface area contributed by atoms with Crippen molar-refractivity contribution in [3.63, 3.8) is 0 Å². The lowest BCUT2D eigenvalue weighted by Gasteiger charge is -2.57. The van der Waals surface area contributed by atoms with E-state index in [2.05, 4.69) is 33.8 Å². The Labute approximate surface area is 244 Å². The van der Waals surface area contributed by atoms with E-state index in [4.69, 9.17) is 14.2 Å². The molecular weight excluding hydrogens is 524 g/mol. The van der Waals surface area contributed by atoms with Gasteiger partial charge in [-0.1, -0.05) is 32.4 Å². The van der Waals surface area contributed by atoms with E-state index in [-0.39, 0.29) is 29.0 Å². The van der Waals surface area contributed by atoms with Crippen LogP contribution in [0.3, 0.4) is 0 Å². The molecule has 3 saturated carbocycles. The summed E-state index contributed by atoms with van der Waals surface area (Å²) in [5.41, 5.74) is 3.48. The third-order valence-corrected chi connectivity index (χ3v) is 12.5. The molecule has 4 fully saturated rings. The molecule has 5 N–H and O–H groups in total. The third-order valence-electron chi connectivity index (χ3n) is 12.5. The van der Waals surface area contributed by atoms with Crippen LogP contribution in [0.5, 0.6) is 0 Å². The molecule has 1 saturated heterocycles. The molecule has 6 aliphatic rings. The number of fused-ring (bicyclic) bond motifs is 7. The van der Waals surface area contributed by atoms with E-state index >= 15 is 0 Å². The Morgan fingerprint density at radius 3 is 2.59 bits per heavy atom. The number of hydrogen-bond acceptors (Lipinski definition) is 8. The first-order chi connectivity index (χ1) is 19.5. The lowest BCUT2D eigenvalue weighted by atomic mass is 9.47. The van der Waals surface area contributed by atoms with Crippen LogP contribution >= 0.6 is 0 Å². The van der Waals surface area contributed by atoms with Gasteiger partial charge in [-0.3, -0.25) is 0 Å². The first-order valence-electron chi connectivity index (χ1n) is 16.1. The van der Waals surface area contributed by atoms with Crippen molar-refractivity contribution in [3.05, 3.63) is 23.0 Å². The summed E-state index contributed by atoms with van der Waals surface area (Å²) in [7, 11) is 0. The number of ether oxygens (including phenoxy) is 3. The van der Waals surface area contributed by atoms with Crippen molar-refractivity contribution in [2.24, 2.45) is 40.4 Å². The van der Waals surface area contributed by atoms with E-state index in [9.17, 15) is 25.5 Å². The lowest BCUT2D eigenvalue weighted by molar-refractivity contribution is -0.303. The SMILES string of the molecule is CC1=C(CC[C@@H](C)CO[C@@H]2O[C@H](CO)[C@@H](O)[C@H](O)[C@H]2O)O[C@H]2C[C@H]3[C@@H]4CC=C5C[C@@H](O)CC[C@]5(C)[C@H]4CC[C@]3(C)[C@@H]12. The molecule has 8 heteroatoms. The monoisotopic (exact) mass is 576 g/mol. The Balaban J connectivity index is 1.07. The second-order valence-corrected chi connectivity index (χ2v) is 14.9. The predicted octanol–water partition coefficient (Wildman–Crippen LogP) is 3.44. The first kappa shape index (κ1) is 30.0. The molecule has 0 amide bonds. The van der Waals surface area contributed by atoms with Gasteiger partial charge in [0.2, 0.25) is 0 Å².